The van der Waals surface area contributed by atoms with Crippen LogP contribution in [0.1, 0.15) is 45.4 Å². The molecule has 2 heteroatoms. The number of hydrogen-bond donors (Lipinski definition) is 0. The first kappa shape index (κ1) is 9.79. The van der Waals surface area contributed by atoms with Gasteiger partial charge in [0.2, 0.25) is 0 Å². The van der Waals surface area contributed by atoms with Crippen molar-refractivity contribution >= 4 is 11.6 Å². The molecule has 0 bridgehead atoms. The van der Waals surface area contributed by atoms with Crippen LogP contribution in [-0.2, 0) is 4.74 Å². The number of ether oxygens (including phenoxy) is 1. The van der Waals surface area contributed by atoms with Gasteiger partial charge < -0.3 is 4.74 Å². The molecule has 0 saturated heterocycles. The summed E-state index contributed by atoms with van der Waals surface area (Å²) in [6.07, 6.45) is 8.46. The van der Waals surface area contributed by atoms with Gasteiger partial charge in [-0.15, -0.1) is 11.6 Å². The van der Waals surface area contributed by atoms with Gasteiger partial charge in [-0.1, -0.05) is 19.8 Å². The highest BCUT2D eigenvalue weighted by Crippen LogP contribution is 2.33. The molecule has 2 saturated carbocycles. The second-order valence-corrected chi connectivity index (χ2v) is 5.34. The van der Waals surface area contributed by atoms with E-state index in [2.05, 4.69) is 6.92 Å². The third-order valence-corrected chi connectivity index (χ3v) is 3.67. The van der Waals surface area contributed by atoms with E-state index in [-0.39, 0.29) is 0 Å². The molecule has 0 spiro atoms. The minimum atomic E-state index is 0.394. The van der Waals surface area contributed by atoms with Crippen molar-refractivity contribution in [3.63, 3.8) is 0 Å². The summed E-state index contributed by atoms with van der Waals surface area (Å²) in [5, 5.41) is 0.394. The maximum absolute atomic E-state index is 5.98. The molecule has 0 amide bonds. The van der Waals surface area contributed by atoms with Crippen molar-refractivity contribution in [2.75, 3.05) is 0 Å². The third-order valence-electron chi connectivity index (χ3n) is 3.31. The fraction of sp³-hybridized carbons (Fsp3) is 1.00. The Morgan fingerprint density at radius 2 is 1.85 bits per heavy atom. The Hall–Kier alpha value is 0.250. The fourth-order valence-electron chi connectivity index (χ4n) is 2.39. The van der Waals surface area contributed by atoms with Gasteiger partial charge in [0.25, 0.3) is 0 Å². The first-order valence-corrected chi connectivity index (χ1v) is 5.97. The second-order valence-electron chi connectivity index (χ2n) is 4.72. The van der Waals surface area contributed by atoms with Gasteiger partial charge in [0.1, 0.15) is 0 Å². The molecule has 0 aromatic rings. The van der Waals surface area contributed by atoms with E-state index in [9.17, 15) is 0 Å². The minimum absolute atomic E-state index is 0.394. The van der Waals surface area contributed by atoms with Crippen molar-refractivity contribution in [1.29, 1.82) is 0 Å². The van der Waals surface area contributed by atoms with Crippen LogP contribution in [0, 0.1) is 5.92 Å². The minimum Gasteiger partial charge on any atom is -0.375 e. The van der Waals surface area contributed by atoms with Crippen LogP contribution < -0.4 is 0 Å². The lowest BCUT2D eigenvalue weighted by atomic mass is 9.87. The maximum Gasteiger partial charge on any atom is 0.0607 e. The zero-order valence-corrected chi connectivity index (χ0v) is 9.09. The lowest BCUT2D eigenvalue weighted by Crippen LogP contribution is -2.36. The number of alkyl halides is 1. The molecule has 76 valence electrons. The smallest absolute Gasteiger partial charge is 0.0607 e. The molecule has 0 aromatic carbocycles. The molecule has 0 radical (unpaired) electrons. The molecule has 2 rings (SSSR count). The third kappa shape index (κ3) is 2.60. The maximum atomic E-state index is 5.98. The molecule has 2 fully saturated rings. The SMILES string of the molecule is CC1CCCC(OC2CC(Cl)C2)C1. The highest BCUT2D eigenvalue weighted by molar-refractivity contribution is 6.21. The highest BCUT2D eigenvalue weighted by atomic mass is 35.5. The van der Waals surface area contributed by atoms with Crippen molar-refractivity contribution in [3.05, 3.63) is 0 Å². The predicted octanol–water partition coefficient (Wildman–Crippen LogP) is 3.35. The fourth-order valence-corrected chi connectivity index (χ4v) is 2.78. The van der Waals surface area contributed by atoms with E-state index in [0.29, 0.717) is 17.6 Å². The van der Waals surface area contributed by atoms with Crippen molar-refractivity contribution in [3.8, 4) is 0 Å². The molecule has 1 nitrogen and oxygen atoms in total. The number of rotatable bonds is 2. The summed E-state index contributed by atoms with van der Waals surface area (Å²) < 4.78 is 5.98. The topological polar surface area (TPSA) is 9.23 Å². The van der Waals surface area contributed by atoms with Crippen molar-refractivity contribution in [2.24, 2.45) is 5.92 Å². The van der Waals surface area contributed by atoms with Gasteiger partial charge in [-0.25, -0.2) is 0 Å². The van der Waals surface area contributed by atoms with E-state index in [1.165, 1.54) is 25.7 Å². The first-order chi connectivity index (χ1) is 6.24. The van der Waals surface area contributed by atoms with Crippen LogP contribution in [0.2, 0.25) is 0 Å². The van der Waals surface area contributed by atoms with Gasteiger partial charge in [0, 0.05) is 5.38 Å². The van der Waals surface area contributed by atoms with Crippen molar-refractivity contribution < 1.29 is 4.74 Å². The van der Waals surface area contributed by atoms with E-state index in [1.54, 1.807) is 0 Å². The van der Waals surface area contributed by atoms with E-state index in [1.807, 2.05) is 0 Å². The van der Waals surface area contributed by atoms with Crippen molar-refractivity contribution in [1.82, 2.24) is 0 Å². The molecule has 0 N–H and O–H groups in total. The first-order valence-electron chi connectivity index (χ1n) is 5.53. The molecule has 0 aromatic heterocycles. The van der Waals surface area contributed by atoms with Crippen LogP contribution in [0.4, 0.5) is 0 Å². The summed E-state index contributed by atoms with van der Waals surface area (Å²) in [4.78, 5) is 0. The Morgan fingerprint density at radius 3 is 2.46 bits per heavy atom. The van der Waals surface area contributed by atoms with E-state index in [4.69, 9.17) is 16.3 Å². The Bertz CT molecular complexity index is 165. The van der Waals surface area contributed by atoms with Gasteiger partial charge in [-0.05, 0) is 31.6 Å². The van der Waals surface area contributed by atoms with Crippen LogP contribution in [-0.4, -0.2) is 17.6 Å². The summed E-state index contributed by atoms with van der Waals surface area (Å²) in [6, 6.07) is 0. The number of hydrogen-bond acceptors (Lipinski definition) is 1. The normalized spacial score (nSPS) is 45.7. The number of halogens is 1. The molecular weight excluding hydrogens is 184 g/mol. The van der Waals surface area contributed by atoms with Crippen molar-refractivity contribution in [2.45, 2.75) is 63.0 Å². The van der Waals surface area contributed by atoms with E-state index < -0.39 is 0 Å². The lowest BCUT2D eigenvalue weighted by Gasteiger charge is -2.36. The predicted molar refractivity (Wildman–Crippen MR) is 55.2 cm³/mol. The molecule has 2 unspecified atom stereocenters. The summed E-state index contributed by atoms with van der Waals surface area (Å²) in [5.74, 6) is 0.866. The molecule has 2 atom stereocenters. The van der Waals surface area contributed by atoms with Gasteiger partial charge in [0.15, 0.2) is 0 Å². The largest absolute Gasteiger partial charge is 0.375 e. The molecule has 2 aliphatic rings. The lowest BCUT2D eigenvalue weighted by molar-refractivity contribution is -0.0695. The van der Waals surface area contributed by atoms with Crippen LogP contribution in [0.25, 0.3) is 0 Å². The van der Waals surface area contributed by atoms with E-state index >= 15 is 0 Å². The monoisotopic (exact) mass is 202 g/mol. The molecule has 2 aliphatic carbocycles. The Balaban J connectivity index is 1.69. The van der Waals surface area contributed by atoms with Gasteiger partial charge in [-0.3, -0.25) is 0 Å². The van der Waals surface area contributed by atoms with Crippen LogP contribution in [0.15, 0.2) is 0 Å². The molecule has 0 heterocycles. The van der Waals surface area contributed by atoms with Crippen LogP contribution in [0.5, 0.6) is 0 Å². The second kappa shape index (κ2) is 4.18. The summed E-state index contributed by atoms with van der Waals surface area (Å²) >= 11 is 5.91. The van der Waals surface area contributed by atoms with E-state index in [0.717, 1.165) is 18.8 Å². The average Bonchev–Trinajstić information content (AvgIpc) is 2.01. The Kier molecular flexibility index (Phi) is 3.15. The van der Waals surface area contributed by atoms with Crippen LogP contribution in [0.3, 0.4) is 0 Å². The van der Waals surface area contributed by atoms with Gasteiger partial charge in [-0.2, -0.15) is 0 Å². The Labute approximate surface area is 85.8 Å². The van der Waals surface area contributed by atoms with Gasteiger partial charge in [0.05, 0.1) is 12.2 Å². The molecular formula is C11H19ClO. The quantitative estimate of drug-likeness (QED) is 0.624. The van der Waals surface area contributed by atoms with Gasteiger partial charge >= 0.3 is 0 Å². The summed E-state index contributed by atoms with van der Waals surface area (Å²) in [7, 11) is 0. The summed E-state index contributed by atoms with van der Waals surface area (Å²) in [5.41, 5.74) is 0. The standard InChI is InChI=1S/C11H19ClO/c1-8-3-2-4-10(5-8)13-11-6-9(12)7-11/h8-11H,2-7H2,1H3. The Morgan fingerprint density at radius 1 is 1.08 bits per heavy atom. The summed E-state index contributed by atoms with van der Waals surface area (Å²) in [6.45, 7) is 2.33. The molecule has 13 heavy (non-hydrogen) atoms. The zero-order valence-electron chi connectivity index (χ0n) is 8.34. The molecule has 0 aliphatic heterocycles. The zero-order chi connectivity index (χ0) is 9.26. The highest BCUT2D eigenvalue weighted by Gasteiger charge is 2.31. The van der Waals surface area contributed by atoms with Crippen LogP contribution >= 0.6 is 11.6 Å². The average molecular weight is 203 g/mol.